The average molecular weight is 267 g/mol. The first kappa shape index (κ1) is 15.3. The summed E-state index contributed by atoms with van der Waals surface area (Å²) in [5.41, 5.74) is 1.06. The molecule has 0 spiro atoms. The monoisotopic (exact) mass is 267 g/mol. The maximum atomic E-state index is 10.5. The molecule has 1 aromatic rings. The predicted molar refractivity (Wildman–Crippen MR) is 72.8 cm³/mol. The van der Waals surface area contributed by atoms with Crippen LogP contribution in [0.1, 0.15) is 30.9 Å². The molecule has 2 N–H and O–H groups in total. The molecule has 5 nitrogen and oxygen atoms in total. The van der Waals surface area contributed by atoms with Crippen LogP contribution in [0, 0.1) is 0 Å². The van der Waals surface area contributed by atoms with E-state index >= 15 is 0 Å². The SMILES string of the molecule is CNC(CCCC(=O)O)c1ccc(OC)c(OC)c1. The fourth-order valence-corrected chi connectivity index (χ4v) is 2.00. The number of hydrogen-bond acceptors (Lipinski definition) is 4. The van der Waals surface area contributed by atoms with E-state index in [9.17, 15) is 4.79 Å². The van der Waals surface area contributed by atoms with Crippen molar-refractivity contribution in [3.8, 4) is 11.5 Å². The first-order valence-corrected chi connectivity index (χ1v) is 6.23. The van der Waals surface area contributed by atoms with Gasteiger partial charge in [-0.25, -0.2) is 0 Å². The smallest absolute Gasteiger partial charge is 0.303 e. The van der Waals surface area contributed by atoms with Crippen LogP contribution in [0.15, 0.2) is 18.2 Å². The number of methoxy groups -OCH3 is 2. The van der Waals surface area contributed by atoms with Crippen molar-refractivity contribution in [3.05, 3.63) is 23.8 Å². The van der Waals surface area contributed by atoms with Gasteiger partial charge in [0.2, 0.25) is 0 Å². The van der Waals surface area contributed by atoms with Gasteiger partial charge in [-0.2, -0.15) is 0 Å². The third kappa shape index (κ3) is 4.44. The predicted octanol–water partition coefficient (Wildman–Crippen LogP) is 2.22. The minimum absolute atomic E-state index is 0.110. The number of rotatable bonds is 8. The minimum atomic E-state index is -0.762. The third-order valence-corrected chi connectivity index (χ3v) is 3.04. The molecule has 0 saturated heterocycles. The molecule has 0 saturated carbocycles. The molecule has 0 aromatic heterocycles. The van der Waals surface area contributed by atoms with Crippen molar-refractivity contribution < 1.29 is 19.4 Å². The molecule has 1 rings (SSSR count). The number of aliphatic carboxylic acids is 1. The normalized spacial score (nSPS) is 11.9. The lowest BCUT2D eigenvalue weighted by atomic mass is 10.0. The Labute approximate surface area is 113 Å². The summed E-state index contributed by atoms with van der Waals surface area (Å²) in [6.45, 7) is 0. The van der Waals surface area contributed by atoms with E-state index in [0.29, 0.717) is 17.9 Å². The van der Waals surface area contributed by atoms with E-state index in [1.54, 1.807) is 14.2 Å². The molecule has 1 unspecified atom stereocenters. The Kier molecular flexibility index (Phi) is 6.15. The maximum absolute atomic E-state index is 10.5. The second-order valence-electron chi connectivity index (χ2n) is 4.24. The Balaban J connectivity index is 2.77. The van der Waals surface area contributed by atoms with Crippen molar-refractivity contribution in [1.82, 2.24) is 5.32 Å². The summed E-state index contributed by atoms with van der Waals surface area (Å²) in [6.07, 6.45) is 1.58. The Morgan fingerprint density at radius 1 is 1.32 bits per heavy atom. The van der Waals surface area contributed by atoms with Crippen LogP contribution in [0.4, 0.5) is 0 Å². The van der Waals surface area contributed by atoms with Gasteiger partial charge >= 0.3 is 5.97 Å². The Morgan fingerprint density at radius 2 is 2.00 bits per heavy atom. The zero-order valence-electron chi connectivity index (χ0n) is 11.6. The van der Waals surface area contributed by atoms with E-state index < -0.39 is 5.97 Å². The van der Waals surface area contributed by atoms with Crippen LogP contribution in [0.5, 0.6) is 11.5 Å². The van der Waals surface area contributed by atoms with E-state index in [1.807, 2.05) is 25.2 Å². The van der Waals surface area contributed by atoms with Crippen LogP contribution in [0.25, 0.3) is 0 Å². The molecular weight excluding hydrogens is 246 g/mol. The Bertz CT molecular complexity index is 420. The lowest BCUT2D eigenvalue weighted by molar-refractivity contribution is -0.137. The van der Waals surface area contributed by atoms with Gasteiger partial charge in [-0.1, -0.05) is 6.07 Å². The van der Waals surface area contributed by atoms with Crippen molar-refractivity contribution >= 4 is 5.97 Å². The molecule has 0 fully saturated rings. The lowest BCUT2D eigenvalue weighted by Gasteiger charge is -2.18. The van der Waals surface area contributed by atoms with Gasteiger partial charge in [-0.3, -0.25) is 4.79 Å². The van der Waals surface area contributed by atoms with Crippen LogP contribution in [-0.4, -0.2) is 32.3 Å². The van der Waals surface area contributed by atoms with Crippen molar-refractivity contribution in [2.75, 3.05) is 21.3 Å². The Morgan fingerprint density at radius 3 is 2.53 bits per heavy atom. The first-order chi connectivity index (χ1) is 9.12. The van der Waals surface area contributed by atoms with Gasteiger partial charge in [0.25, 0.3) is 0 Å². The van der Waals surface area contributed by atoms with Gasteiger partial charge in [0, 0.05) is 12.5 Å². The summed E-state index contributed by atoms with van der Waals surface area (Å²) in [5.74, 6) is 0.604. The molecule has 5 heteroatoms. The summed E-state index contributed by atoms with van der Waals surface area (Å²) < 4.78 is 10.5. The average Bonchev–Trinajstić information content (AvgIpc) is 2.42. The quantitative estimate of drug-likeness (QED) is 0.756. The standard InChI is InChI=1S/C14H21NO4/c1-15-11(5-4-6-14(16)17)10-7-8-12(18-2)13(9-10)19-3/h7-9,11,15H,4-6H2,1-3H3,(H,16,17). The highest BCUT2D eigenvalue weighted by molar-refractivity contribution is 5.66. The maximum Gasteiger partial charge on any atom is 0.303 e. The van der Waals surface area contributed by atoms with Gasteiger partial charge in [-0.15, -0.1) is 0 Å². The fourth-order valence-electron chi connectivity index (χ4n) is 2.00. The number of benzene rings is 1. The van der Waals surface area contributed by atoms with Crippen molar-refractivity contribution in [2.45, 2.75) is 25.3 Å². The highest BCUT2D eigenvalue weighted by Gasteiger charge is 2.13. The summed E-state index contributed by atoms with van der Waals surface area (Å²) in [6, 6.07) is 5.85. The lowest BCUT2D eigenvalue weighted by Crippen LogP contribution is -2.16. The van der Waals surface area contributed by atoms with Crippen LogP contribution in [0.3, 0.4) is 0 Å². The van der Waals surface area contributed by atoms with Gasteiger partial charge in [-0.05, 0) is 37.6 Å². The number of nitrogens with one attached hydrogen (secondary N) is 1. The van der Waals surface area contributed by atoms with E-state index in [1.165, 1.54) is 0 Å². The molecule has 19 heavy (non-hydrogen) atoms. The number of hydrogen-bond donors (Lipinski definition) is 2. The molecule has 1 atom stereocenters. The topological polar surface area (TPSA) is 67.8 Å². The highest BCUT2D eigenvalue weighted by Crippen LogP contribution is 2.31. The molecule has 0 heterocycles. The van der Waals surface area contributed by atoms with Gasteiger partial charge in [0.1, 0.15) is 0 Å². The van der Waals surface area contributed by atoms with Crippen LogP contribution >= 0.6 is 0 Å². The van der Waals surface area contributed by atoms with Gasteiger partial charge in [0.15, 0.2) is 11.5 Å². The zero-order valence-corrected chi connectivity index (χ0v) is 11.6. The largest absolute Gasteiger partial charge is 0.493 e. The summed E-state index contributed by atoms with van der Waals surface area (Å²) in [4.78, 5) is 10.5. The second-order valence-corrected chi connectivity index (χ2v) is 4.24. The zero-order chi connectivity index (χ0) is 14.3. The van der Waals surface area contributed by atoms with Crippen molar-refractivity contribution in [2.24, 2.45) is 0 Å². The second kappa shape index (κ2) is 7.63. The fraction of sp³-hybridized carbons (Fsp3) is 0.500. The molecule has 0 aliphatic carbocycles. The van der Waals surface area contributed by atoms with Crippen LogP contribution < -0.4 is 14.8 Å². The summed E-state index contributed by atoms with van der Waals surface area (Å²) in [7, 11) is 5.06. The number of ether oxygens (including phenoxy) is 2. The third-order valence-electron chi connectivity index (χ3n) is 3.04. The molecule has 0 amide bonds. The molecular formula is C14H21NO4. The summed E-state index contributed by atoms with van der Waals surface area (Å²) in [5, 5.41) is 11.9. The van der Waals surface area contributed by atoms with Crippen LogP contribution in [0.2, 0.25) is 0 Å². The van der Waals surface area contributed by atoms with E-state index in [2.05, 4.69) is 5.32 Å². The van der Waals surface area contributed by atoms with E-state index in [0.717, 1.165) is 12.0 Å². The Hall–Kier alpha value is -1.75. The van der Waals surface area contributed by atoms with Gasteiger partial charge in [0.05, 0.1) is 14.2 Å². The number of carboxylic acids is 1. The minimum Gasteiger partial charge on any atom is -0.493 e. The molecule has 0 aliphatic heterocycles. The number of carbonyl (C=O) groups is 1. The summed E-state index contributed by atoms with van der Waals surface area (Å²) >= 11 is 0. The van der Waals surface area contributed by atoms with E-state index in [4.69, 9.17) is 14.6 Å². The molecule has 0 bridgehead atoms. The number of carboxylic acid groups (broad SMARTS) is 1. The molecule has 106 valence electrons. The molecule has 1 aromatic carbocycles. The van der Waals surface area contributed by atoms with E-state index in [-0.39, 0.29) is 12.5 Å². The van der Waals surface area contributed by atoms with Gasteiger partial charge < -0.3 is 19.9 Å². The molecule has 0 radical (unpaired) electrons. The van der Waals surface area contributed by atoms with Crippen molar-refractivity contribution in [1.29, 1.82) is 0 Å². The van der Waals surface area contributed by atoms with Crippen LogP contribution in [-0.2, 0) is 4.79 Å². The molecule has 0 aliphatic rings. The highest BCUT2D eigenvalue weighted by atomic mass is 16.5. The van der Waals surface area contributed by atoms with Crippen molar-refractivity contribution in [3.63, 3.8) is 0 Å². The first-order valence-electron chi connectivity index (χ1n) is 6.23.